The fourth-order valence-corrected chi connectivity index (χ4v) is 3.19. The van der Waals surface area contributed by atoms with E-state index in [9.17, 15) is 19.7 Å². The first-order chi connectivity index (χ1) is 13.8. The number of carbonyl (C=O) groups excluding carboxylic acids is 2. The van der Waals surface area contributed by atoms with Gasteiger partial charge in [-0.05, 0) is 31.9 Å². The standard InChI is InChI=1S/C18H19ClN4O6/c1-11-7-16(21-29-11)20-17(24)10-22(9-13-3-2-6-28-13)18(25)12-4-5-14(19)15(8-12)23(26)27/h4-5,7-8,13H,2-3,6,9-10H2,1H3,(H,20,21,24). The second-order valence-electron chi connectivity index (χ2n) is 6.61. The van der Waals surface area contributed by atoms with Gasteiger partial charge in [0.25, 0.3) is 11.6 Å². The van der Waals surface area contributed by atoms with Crippen LogP contribution in [0.3, 0.4) is 0 Å². The van der Waals surface area contributed by atoms with Crippen molar-refractivity contribution in [3.8, 4) is 0 Å². The highest BCUT2D eigenvalue weighted by molar-refractivity contribution is 6.32. The van der Waals surface area contributed by atoms with Crippen molar-refractivity contribution in [1.29, 1.82) is 0 Å². The molecule has 1 fully saturated rings. The molecule has 3 rings (SSSR count). The molecule has 2 amide bonds. The van der Waals surface area contributed by atoms with Crippen LogP contribution in [0.2, 0.25) is 5.02 Å². The molecule has 11 heteroatoms. The molecule has 1 aromatic heterocycles. The molecule has 2 heterocycles. The first-order valence-electron chi connectivity index (χ1n) is 8.91. The Balaban J connectivity index is 1.78. The summed E-state index contributed by atoms with van der Waals surface area (Å²) in [5, 5.41) is 17.3. The smallest absolute Gasteiger partial charge is 0.288 e. The number of halogens is 1. The molecule has 0 radical (unpaired) electrons. The third-order valence-electron chi connectivity index (χ3n) is 4.35. The average Bonchev–Trinajstić information content (AvgIpc) is 3.32. The van der Waals surface area contributed by atoms with Gasteiger partial charge < -0.3 is 19.5 Å². The maximum Gasteiger partial charge on any atom is 0.288 e. The van der Waals surface area contributed by atoms with E-state index in [1.54, 1.807) is 13.0 Å². The van der Waals surface area contributed by atoms with E-state index in [-0.39, 0.29) is 41.3 Å². The van der Waals surface area contributed by atoms with Gasteiger partial charge in [-0.2, -0.15) is 0 Å². The van der Waals surface area contributed by atoms with Crippen LogP contribution < -0.4 is 5.32 Å². The minimum absolute atomic E-state index is 0.0594. The van der Waals surface area contributed by atoms with Gasteiger partial charge >= 0.3 is 0 Å². The van der Waals surface area contributed by atoms with Gasteiger partial charge in [-0.15, -0.1) is 0 Å². The molecule has 0 bridgehead atoms. The minimum Gasteiger partial charge on any atom is -0.376 e. The zero-order chi connectivity index (χ0) is 21.0. The number of hydrogen-bond donors (Lipinski definition) is 1. The lowest BCUT2D eigenvalue weighted by molar-refractivity contribution is -0.384. The maximum atomic E-state index is 13.0. The number of benzene rings is 1. The summed E-state index contributed by atoms with van der Waals surface area (Å²) in [6.07, 6.45) is 1.42. The van der Waals surface area contributed by atoms with Crippen molar-refractivity contribution >= 4 is 34.9 Å². The monoisotopic (exact) mass is 422 g/mol. The third-order valence-corrected chi connectivity index (χ3v) is 4.67. The van der Waals surface area contributed by atoms with Crippen LogP contribution in [-0.2, 0) is 9.53 Å². The van der Waals surface area contributed by atoms with Gasteiger partial charge in [-0.1, -0.05) is 16.8 Å². The van der Waals surface area contributed by atoms with Gasteiger partial charge in [0.15, 0.2) is 5.82 Å². The summed E-state index contributed by atoms with van der Waals surface area (Å²) in [5.74, 6) is -0.250. The first-order valence-corrected chi connectivity index (χ1v) is 9.29. The van der Waals surface area contributed by atoms with Gasteiger partial charge in [0.2, 0.25) is 5.91 Å². The van der Waals surface area contributed by atoms with Crippen molar-refractivity contribution in [2.24, 2.45) is 0 Å². The summed E-state index contributed by atoms with van der Waals surface area (Å²) in [5.41, 5.74) is -0.318. The van der Waals surface area contributed by atoms with E-state index in [1.807, 2.05) is 0 Å². The molecule has 154 valence electrons. The summed E-state index contributed by atoms with van der Waals surface area (Å²) in [4.78, 5) is 37.2. The Morgan fingerprint density at radius 2 is 2.21 bits per heavy atom. The third kappa shape index (κ3) is 5.30. The highest BCUT2D eigenvalue weighted by atomic mass is 35.5. The van der Waals surface area contributed by atoms with Gasteiger partial charge in [-0.25, -0.2) is 0 Å². The summed E-state index contributed by atoms with van der Waals surface area (Å²) in [6.45, 7) is 2.18. The number of carbonyl (C=O) groups is 2. The molecule has 1 saturated heterocycles. The predicted octanol–water partition coefficient (Wildman–Crippen LogP) is 2.80. The number of aromatic nitrogens is 1. The number of amides is 2. The summed E-state index contributed by atoms with van der Waals surface area (Å²) in [7, 11) is 0. The van der Waals surface area contributed by atoms with Crippen LogP contribution in [0.4, 0.5) is 11.5 Å². The van der Waals surface area contributed by atoms with Crippen molar-refractivity contribution in [2.45, 2.75) is 25.9 Å². The molecule has 2 aromatic rings. The first kappa shape index (κ1) is 20.7. The Bertz CT molecular complexity index is 925. The number of hydrogen-bond acceptors (Lipinski definition) is 7. The fourth-order valence-electron chi connectivity index (χ4n) is 3.00. The van der Waals surface area contributed by atoms with E-state index >= 15 is 0 Å². The van der Waals surface area contributed by atoms with Crippen molar-refractivity contribution in [1.82, 2.24) is 10.1 Å². The fraction of sp³-hybridized carbons (Fsp3) is 0.389. The number of nitrogens with zero attached hydrogens (tertiary/aromatic N) is 3. The van der Waals surface area contributed by atoms with Crippen LogP contribution in [0.1, 0.15) is 29.0 Å². The normalized spacial score (nSPS) is 15.9. The zero-order valence-electron chi connectivity index (χ0n) is 15.6. The Labute approximate surface area is 170 Å². The van der Waals surface area contributed by atoms with E-state index < -0.39 is 16.7 Å². The van der Waals surface area contributed by atoms with Crippen molar-refractivity contribution in [3.05, 3.63) is 50.7 Å². The van der Waals surface area contributed by atoms with Crippen LogP contribution in [0.15, 0.2) is 28.8 Å². The molecule has 0 aliphatic carbocycles. The topological polar surface area (TPSA) is 128 Å². The second kappa shape index (κ2) is 9.01. The summed E-state index contributed by atoms with van der Waals surface area (Å²) in [6, 6.07) is 5.33. The maximum absolute atomic E-state index is 13.0. The number of nitrogens with one attached hydrogen (secondary N) is 1. The second-order valence-corrected chi connectivity index (χ2v) is 7.02. The molecular weight excluding hydrogens is 404 g/mol. The lowest BCUT2D eigenvalue weighted by atomic mass is 10.1. The van der Waals surface area contributed by atoms with Crippen LogP contribution in [0.5, 0.6) is 0 Å². The molecule has 1 aliphatic heterocycles. The predicted molar refractivity (Wildman–Crippen MR) is 103 cm³/mol. The number of aryl methyl sites for hydroxylation is 1. The van der Waals surface area contributed by atoms with E-state index in [0.717, 1.165) is 18.9 Å². The highest BCUT2D eigenvalue weighted by Crippen LogP contribution is 2.26. The number of nitro benzene ring substituents is 1. The number of anilines is 1. The molecule has 1 aliphatic rings. The van der Waals surface area contributed by atoms with Crippen LogP contribution in [-0.4, -0.2) is 52.6 Å². The van der Waals surface area contributed by atoms with Crippen LogP contribution in [0.25, 0.3) is 0 Å². The van der Waals surface area contributed by atoms with Crippen LogP contribution in [0, 0.1) is 17.0 Å². The van der Waals surface area contributed by atoms with Gasteiger partial charge in [0, 0.05) is 30.8 Å². The van der Waals surface area contributed by atoms with Crippen molar-refractivity contribution in [3.63, 3.8) is 0 Å². The quantitative estimate of drug-likeness (QED) is 0.536. The number of nitro groups is 1. The Morgan fingerprint density at radius 3 is 2.83 bits per heavy atom. The van der Waals surface area contributed by atoms with Gasteiger partial charge in [0.1, 0.15) is 17.3 Å². The summed E-state index contributed by atoms with van der Waals surface area (Å²) >= 11 is 5.82. The van der Waals surface area contributed by atoms with E-state index in [2.05, 4.69) is 10.5 Å². The van der Waals surface area contributed by atoms with Crippen LogP contribution >= 0.6 is 11.6 Å². The largest absolute Gasteiger partial charge is 0.376 e. The Morgan fingerprint density at radius 1 is 1.41 bits per heavy atom. The minimum atomic E-state index is -0.664. The molecular formula is C18H19ClN4O6. The number of ether oxygens (including phenoxy) is 1. The number of rotatable bonds is 7. The van der Waals surface area contributed by atoms with E-state index in [4.69, 9.17) is 20.9 Å². The average molecular weight is 423 g/mol. The van der Waals surface area contributed by atoms with Gasteiger partial charge in [-0.3, -0.25) is 19.7 Å². The lowest BCUT2D eigenvalue weighted by Gasteiger charge is -2.25. The molecule has 10 nitrogen and oxygen atoms in total. The SMILES string of the molecule is Cc1cc(NC(=O)CN(CC2CCCO2)C(=O)c2ccc(Cl)c([N+](=O)[O-])c2)no1. The zero-order valence-corrected chi connectivity index (χ0v) is 16.3. The molecule has 1 N–H and O–H groups in total. The molecule has 1 aromatic carbocycles. The molecule has 1 atom stereocenters. The van der Waals surface area contributed by atoms with E-state index in [0.29, 0.717) is 12.4 Å². The van der Waals surface area contributed by atoms with Crippen molar-refractivity contribution < 1.29 is 23.8 Å². The molecule has 0 saturated carbocycles. The Kier molecular flexibility index (Phi) is 6.45. The van der Waals surface area contributed by atoms with Crippen molar-refractivity contribution in [2.75, 3.05) is 25.0 Å². The van der Waals surface area contributed by atoms with Gasteiger partial charge in [0.05, 0.1) is 11.0 Å². The summed E-state index contributed by atoms with van der Waals surface area (Å²) < 4.78 is 10.5. The molecule has 1 unspecified atom stereocenters. The highest BCUT2D eigenvalue weighted by Gasteiger charge is 2.27. The molecule has 29 heavy (non-hydrogen) atoms. The lowest BCUT2D eigenvalue weighted by Crippen LogP contribution is -2.42. The van der Waals surface area contributed by atoms with E-state index in [1.165, 1.54) is 17.0 Å². The Hall–Kier alpha value is -2.98. The molecule has 0 spiro atoms.